The molecule has 170 valence electrons. The van der Waals surface area contributed by atoms with E-state index in [-0.39, 0.29) is 11.9 Å². The fourth-order valence-corrected chi connectivity index (χ4v) is 5.04. The number of rotatable bonds is 5. The molecule has 3 heterocycles. The van der Waals surface area contributed by atoms with Crippen molar-refractivity contribution >= 4 is 28.6 Å². The Morgan fingerprint density at radius 3 is 2.94 bits per heavy atom. The molecule has 2 atom stereocenters. The van der Waals surface area contributed by atoms with Crippen molar-refractivity contribution in [3.8, 4) is 5.69 Å². The molecule has 33 heavy (non-hydrogen) atoms. The average Bonchev–Trinajstić information content (AvgIpc) is 3.47. The normalized spacial score (nSPS) is 18.7. The first kappa shape index (κ1) is 21.7. The molecule has 0 aliphatic carbocycles. The highest BCUT2D eigenvalue weighted by Crippen LogP contribution is 2.30. The molecule has 0 bridgehead atoms. The highest BCUT2D eigenvalue weighted by atomic mass is 35.5. The van der Waals surface area contributed by atoms with Crippen molar-refractivity contribution in [1.29, 1.82) is 0 Å². The average molecular weight is 463 g/mol. The molecule has 2 aromatic carbocycles. The van der Waals surface area contributed by atoms with Crippen molar-refractivity contribution in [1.82, 2.24) is 19.4 Å². The molecule has 1 aliphatic rings. The summed E-state index contributed by atoms with van der Waals surface area (Å²) in [6, 6.07) is 11.6. The van der Waals surface area contributed by atoms with Crippen LogP contribution in [0.3, 0.4) is 0 Å². The molecule has 0 saturated carbocycles. The van der Waals surface area contributed by atoms with Crippen LogP contribution in [0.25, 0.3) is 16.8 Å². The van der Waals surface area contributed by atoms with Crippen LogP contribution in [0.15, 0.2) is 59.5 Å². The minimum Gasteiger partial charge on any atom is -0.441 e. The number of hydrogen-bond acceptors (Lipinski definition) is 4. The van der Waals surface area contributed by atoms with E-state index in [0.29, 0.717) is 28.8 Å². The van der Waals surface area contributed by atoms with Crippen molar-refractivity contribution in [3.05, 3.63) is 77.2 Å². The summed E-state index contributed by atoms with van der Waals surface area (Å²) in [5.41, 5.74) is 4.14. The van der Waals surface area contributed by atoms with Crippen molar-refractivity contribution in [2.24, 2.45) is 5.92 Å². The molecule has 1 aliphatic heterocycles. The van der Waals surface area contributed by atoms with Gasteiger partial charge in [0.25, 0.3) is 5.91 Å². The number of halogens is 1. The van der Waals surface area contributed by atoms with Crippen LogP contribution >= 0.6 is 11.6 Å². The number of nitrogens with zero attached hydrogens (tertiary/aromatic N) is 4. The van der Waals surface area contributed by atoms with Gasteiger partial charge in [0.15, 0.2) is 11.5 Å². The van der Waals surface area contributed by atoms with Crippen LogP contribution < -0.4 is 0 Å². The van der Waals surface area contributed by atoms with E-state index < -0.39 is 0 Å². The lowest BCUT2D eigenvalue weighted by atomic mass is 9.87. The first-order chi connectivity index (χ1) is 16.0. The summed E-state index contributed by atoms with van der Waals surface area (Å²) >= 11 is 6.09. The maximum atomic E-state index is 13.9. The molecule has 1 amide bonds. The third kappa shape index (κ3) is 4.40. The summed E-state index contributed by atoms with van der Waals surface area (Å²) in [7, 11) is 0. The van der Waals surface area contributed by atoms with Gasteiger partial charge in [0.2, 0.25) is 0 Å². The van der Waals surface area contributed by atoms with E-state index >= 15 is 0 Å². The maximum absolute atomic E-state index is 13.9. The number of carbonyl (C=O) groups is 1. The Hall–Kier alpha value is -3.12. The first-order valence-electron chi connectivity index (χ1n) is 11.4. The number of likely N-dealkylation sites (tertiary alicyclic amines) is 1. The van der Waals surface area contributed by atoms with Gasteiger partial charge >= 0.3 is 0 Å². The van der Waals surface area contributed by atoms with Crippen LogP contribution in [-0.4, -0.2) is 37.9 Å². The number of carbonyl (C=O) groups excluding carboxylic acids is 1. The van der Waals surface area contributed by atoms with E-state index in [0.717, 1.165) is 48.2 Å². The molecule has 0 radical (unpaired) electrons. The molecule has 1 saturated heterocycles. The fourth-order valence-electron chi connectivity index (χ4n) is 4.87. The number of amides is 1. The Morgan fingerprint density at radius 2 is 2.12 bits per heavy atom. The van der Waals surface area contributed by atoms with Gasteiger partial charge in [0, 0.05) is 36.4 Å². The molecule has 4 aromatic rings. The molecule has 2 aromatic heterocycles. The number of imidazole rings is 1. The van der Waals surface area contributed by atoms with Crippen LogP contribution in [0, 0.1) is 12.8 Å². The molecule has 0 N–H and O–H groups in total. The lowest BCUT2D eigenvalue weighted by molar-refractivity contribution is 0.0496. The zero-order valence-corrected chi connectivity index (χ0v) is 19.6. The maximum Gasteiger partial charge on any atom is 0.256 e. The van der Waals surface area contributed by atoms with Gasteiger partial charge in [-0.05, 0) is 62.4 Å². The molecular formula is C26H27ClN4O2. The Morgan fingerprint density at radius 1 is 1.24 bits per heavy atom. The molecule has 7 heteroatoms. The van der Waals surface area contributed by atoms with Crippen molar-refractivity contribution in [2.45, 2.75) is 45.6 Å². The molecule has 6 nitrogen and oxygen atoms in total. The van der Waals surface area contributed by atoms with E-state index in [1.165, 1.54) is 0 Å². The predicted molar refractivity (Wildman–Crippen MR) is 129 cm³/mol. The van der Waals surface area contributed by atoms with Gasteiger partial charge in [-0.1, -0.05) is 30.2 Å². The summed E-state index contributed by atoms with van der Waals surface area (Å²) in [6.07, 6.45) is 8.94. The van der Waals surface area contributed by atoms with Gasteiger partial charge < -0.3 is 13.9 Å². The predicted octanol–water partition coefficient (Wildman–Crippen LogP) is 5.85. The fraction of sp³-hybridized carbons (Fsp3) is 0.346. The van der Waals surface area contributed by atoms with E-state index in [9.17, 15) is 4.79 Å². The topological polar surface area (TPSA) is 64.2 Å². The molecule has 0 spiro atoms. The number of aromatic nitrogens is 3. The molecule has 0 unspecified atom stereocenters. The van der Waals surface area contributed by atoms with E-state index in [4.69, 9.17) is 16.0 Å². The van der Waals surface area contributed by atoms with Gasteiger partial charge in [-0.3, -0.25) is 4.79 Å². The number of aryl methyl sites for hydroxylation is 2. The third-order valence-electron chi connectivity index (χ3n) is 6.59. The standard InChI is InChI=1S/C26H27ClN4O2/c1-17-5-7-23(30-13-11-28-16-30)20(14-17)26(32)31-12-3-4-18(2)22(31)8-10-25-29-21-15-19(27)6-9-24(21)33-25/h5-7,9,11,13-16,18,22H,3-4,8,10,12H2,1-2H3/t18-,22-/m1/s1. The van der Waals surface area contributed by atoms with Gasteiger partial charge in [-0.25, -0.2) is 9.97 Å². The van der Waals surface area contributed by atoms with Crippen molar-refractivity contribution in [2.75, 3.05) is 6.54 Å². The Balaban J connectivity index is 1.40. The van der Waals surface area contributed by atoms with Crippen LogP contribution in [0.1, 0.15) is 48.0 Å². The summed E-state index contributed by atoms with van der Waals surface area (Å²) in [6.45, 7) is 5.02. The van der Waals surface area contributed by atoms with Crippen LogP contribution in [0.2, 0.25) is 5.02 Å². The monoisotopic (exact) mass is 462 g/mol. The molecule has 5 rings (SSSR count). The van der Waals surface area contributed by atoms with Crippen LogP contribution in [-0.2, 0) is 6.42 Å². The Labute approximate surface area is 198 Å². The van der Waals surface area contributed by atoms with E-state index in [1.807, 2.05) is 54.1 Å². The van der Waals surface area contributed by atoms with Crippen molar-refractivity contribution < 1.29 is 9.21 Å². The summed E-state index contributed by atoms with van der Waals surface area (Å²) in [4.78, 5) is 24.7. The van der Waals surface area contributed by atoms with Gasteiger partial charge in [-0.15, -0.1) is 0 Å². The van der Waals surface area contributed by atoms with Gasteiger partial charge in [-0.2, -0.15) is 0 Å². The third-order valence-corrected chi connectivity index (χ3v) is 6.82. The Bertz CT molecular complexity index is 1280. The first-order valence-corrected chi connectivity index (χ1v) is 11.8. The highest BCUT2D eigenvalue weighted by Gasteiger charge is 2.33. The number of piperidine rings is 1. The Kier molecular flexibility index (Phi) is 5.94. The number of fused-ring (bicyclic) bond motifs is 1. The smallest absolute Gasteiger partial charge is 0.256 e. The minimum atomic E-state index is 0.0725. The number of hydrogen-bond donors (Lipinski definition) is 0. The van der Waals surface area contributed by atoms with Gasteiger partial charge in [0.05, 0.1) is 17.6 Å². The zero-order valence-electron chi connectivity index (χ0n) is 18.9. The van der Waals surface area contributed by atoms with Crippen LogP contribution in [0.5, 0.6) is 0 Å². The minimum absolute atomic E-state index is 0.0725. The molecule has 1 fully saturated rings. The number of oxazole rings is 1. The van der Waals surface area contributed by atoms with Gasteiger partial charge in [0.1, 0.15) is 5.52 Å². The van der Waals surface area contributed by atoms with Crippen LogP contribution in [0.4, 0.5) is 0 Å². The lowest BCUT2D eigenvalue weighted by Gasteiger charge is -2.40. The summed E-state index contributed by atoms with van der Waals surface area (Å²) in [5.74, 6) is 1.17. The molecular weight excluding hydrogens is 436 g/mol. The van der Waals surface area contributed by atoms with Crippen molar-refractivity contribution in [3.63, 3.8) is 0 Å². The highest BCUT2D eigenvalue weighted by molar-refractivity contribution is 6.31. The SMILES string of the molecule is Cc1ccc(-n2ccnc2)c(C(=O)N2CCC[C@@H](C)[C@H]2CCc2nc3cc(Cl)ccc3o2)c1. The summed E-state index contributed by atoms with van der Waals surface area (Å²) in [5, 5.41) is 0.645. The zero-order chi connectivity index (χ0) is 22.9. The lowest BCUT2D eigenvalue weighted by Crippen LogP contribution is -2.48. The number of benzene rings is 2. The quantitative estimate of drug-likeness (QED) is 0.373. The second-order valence-electron chi connectivity index (χ2n) is 8.93. The van der Waals surface area contributed by atoms with E-state index in [1.54, 1.807) is 12.5 Å². The summed E-state index contributed by atoms with van der Waals surface area (Å²) < 4.78 is 7.83. The largest absolute Gasteiger partial charge is 0.441 e. The second kappa shape index (κ2) is 9.02. The van der Waals surface area contributed by atoms with E-state index in [2.05, 4.69) is 21.8 Å². The second-order valence-corrected chi connectivity index (χ2v) is 9.37.